The highest BCUT2D eigenvalue weighted by molar-refractivity contribution is 7.13. The Hall–Kier alpha value is -1.23. The second kappa shape index (κ2) is 4.96. The van der Waals surface area contributed by atoms with Gasteiger partial charge in [0.15, 0.2) is 0 Å². The quantitative estimate of drug-likeness (QED) is 0.884. The van der Waals surface area contributed by atoms with Gasteiger partial charge < -0.3 is 10.1 Å². The Labute approximate surface area is 104 Å². The van der Waals surface area contributed by atoms with E-state index in [1.807, 2.05) is 18.2 Å². The Kier molecular flexibility index (Phi) is 3.18. The van der Waals surface area contributed by atoms with Crippen molar-refractivity contribution in [2.75, 3.05) is 19.8 Å². The maximum Gasteiger partial charge on any atom is 0.123 e. The number of nitrogens with zero attached hydrogens (tertiary/aromatic N) is 1. The van der Waals surface area contributed by atoms with Gasteiger partial charge in [-0.05, 0) is 0 Å². The highest BCUT2D eigenvalue weighted by Crippen LogP contribution is 2.26. The van der Waals surface area contributed by atoms with Crippen LogP contribution in [0.2, 0.25) is 0 Å². The third-order valence-corrected chi connectivity index (χ3v) is 3.73. The van der Waals surface area contributed by atoms with E-state index < -0.39 is 0 Å². The zero-order valence-electron chi connectivity index (χ0n) is 9.43. The van der Waals surface area contributed by atoms with Crippen molar-refractivity contribution in [1.29, 1.82) is 0 Å². The normalized spacial score (nSPS) is 20.4. The minimum absolute atomic E-state index is 0.248. The molecule has 0 radical (unpaired) electrons. The molecule has 1 N–H and O–H groups in total. The summed E-state index contributed by atoms with van der Waals surface area (Å²) in [5, 5.41) is 6.62. The molecule has 0 spiro atoms. The maximum atomic E-state index is 5.45. The highest BCUT2D eigenvalue weighted by Gasteiger charge is 2.18. The Morgan fingerprint density at radius 2 is 2.18 bits per heavy atom. The fourth-order valence-corrected chi connectivity index (χ4v) is 2.79. The van der Waals surface area contributed by atoms with Gasteiger partial charge in [0.1, 0.15) is 5.01 Å². The number of rotatable bonds is 2. The summed E-state index contributed by atoms with van der Waals surface area (Å²) in [5.74, 6) is 0. The Morgan fingerprint density at radius 1 is 1.29 bits per heavy atom. The van der Waals surface area contributed by atoms with Crippen molar-refractivity contribution in [2.24, 2.45) is 0 Å². The molecule has 0 bridgehead atoms. The SMILES string of the molecule is c1ccc(-c2nc([C@H]3COCCN3)cs2)cc1. The minimum atomic E-state index is 0.248. The molecule has 3 rings (SSSR count). The first-order valence-electron chi connectivity index (χ1n) is 5.75. The zero-order valence-corrected chi connectivity index (χ0v) is 10.2. The first-order chi connectivity index (χ1) is 8.43. The van der Waals surface area contributed by atoms with E-state index in [2.05, 4.69) is 27.8 Å². The number of aromatic nitrogens is 1. The summed E-state index contributed by atoms with van der Waals surface area (Å²) in [5.41, 5.74) is 2.27. The molecule has 0 unspecified atom stereocenters. The van der Waals surface area contributed by atoms with Crippen LogP contribution in [-0.4, -0.2) is 24.7 Å². The largest absolute Gasteiger partial charge is 0.378 e. The highest BCUT2D eigenvalue weighted by atomic mass is 32.1. The summed E-state index contributed by atoms with van der Waals surface area (Å²) >= 11 is 1.69. The number of benzene rings is 1. The van der Waals surface area contributed by atoms with Crippen molar-refractivity contribution in [1.82, 2.24) is 10.3 Å². The van der Waals surface area contributed by atoms with Crippen molar-refractivity contribution >= 4 is 11.3 Å². The Morgan fingerprint density at radius 3 is 2.94 bits per heavy atom. The molecule has 1 aromatic heterocycles. The first-order valence-corrected chi connectivity index (χ1v) is 6.63. The molecule has 1 aromatic carbocycles. The number of morpholine rings is 1. The molecule has 17 heavy (non-hydrogen) atoms. The van der Waals surface area contributed by atoms with E-state index in [4.69, 9.17) is 4.74 Å². The van der Waals surface area contributed by atoms with E-state index in [-0.39, 0.29) is 6.04 Å². The Balaban J connectivity index is 1.83. The molecule has 88 valence electrons. The van der Waals surface area contributed by atoms with Gasteiger partial charge in [-0.3, -0.25) is 0 Å². The summed E-state index contributed by atoms with van der Waals surface area (Å²) in [6.07, 6.45) is 0. The fourth-order valence-electron chi connectivity index (χ4n) is 1.91. The van der Waals surface area contributed by atoms with E-state index in [0.29, 0.717) is 0 Å². The van der Waals surface area contributed by atoms with Crippen LogP contribution in [0, 0.1) is 0 Å². The summed E-state index contributed by atoms with van der Waals surface area (Å²) in [6, 6.07) is 10.5. The molecule has 2 heterocycles. The van der Waals surface area contributed by atoms with Gasteiger partial charge in [0, 0.05) is 17.5 Å². The lowest BCUT2D eigenvalue weighted by Gasteiger charge is -2.21. The molecular formula is C13H14N2OS. The zero-order chi connectivity index (χ0) is 11.5. The molecule has 1 atom stereocenters. The van der Waals surface area contributed by atoms with Crippen molar-refractivity contribution in [3.63, 3.8) is 0 Å². The number of thiazole rings is 1. The Bertz CT molecular complexity index is 477. The average molecular weight is 246 g/mol. The number of hydrogen-bond donors (Lipinski definition) is 1. The molecule has 3 nitrogen and oxygen atoms in total. The third kappa shape index (κ3) is 2.39. The number of ether oxygens (including phenoxy) is 1. The first kappa shape index (κ1) is 10.9. The van der Waals surface area contributed by atoms with Crippen LogP contribution in [0.4, 0.5) is 0 Å². The van der Waals surface area contributed by atoms with Crippen LogP contribution in [-0.2, 0) is 4.74 Å². The molecule has 0 aliphatic carbocycles. The number of hydrogen-bond acceptors (Lipinski definition) is 4. The smallest absolute Gasteiger partial charge is 0.123 e. The molecule has 1 aliphatic rings. The van der Waals surface area contributed by atoms with E-state index >= 15 is 0 Å². The van der Waals surface area contributed by atoms with Gasteiger partial charge in [-0.15, -0.1) is 11.3 Å². The molecular weight excluding hydrogens is 232 g/mol. The van der Waals surface area contributed by atoms with E-state index in [1.165, 1.54) is 5.56 Å². The van der Waals surface area contributed by atoms with Gasteiger partial charge in [-0.2, -0.15) is 0 Å². The predicted octanol–water partition coefficient (Wildman–Crippen LogP) is 2.47. The van der Waals surface area contributed by atoms with Crippen LogP contribution in [0.5, 0.6) is 0 Å². The average Bonchev–Trinajstić information content (AvgIpc) is 2.90. The second-order valence-electron chi connectivity index (χ2n) is 4.03. The summed E-state index contributed by atoms with van der Waals surface area (Å²) in [6.45, 7) is 2.42. The lowest BCUT2D eigenvalue weighted by Crippen LogP contribution is -2.34. The fraction of sp³-hybridized carbons (Fsp3) is 0.308. The maximum absolute atomic E-state index is 5.45. The molecule has 0 amide bonds. The van der Waals surface area contributed by atoms with E-state index in [1.54, 1.807) is 11.3 Å². The summed E-state index contributed by atoms with van der Waals surface area (Å²) in [7, 11) is 0. The van der Waals surface area contributed by atoms with Gasteiger partial charge in [0.05, 0.1) is 24.9 Å². The lowest BCUT2D eigenvalue weighted by molar-refractivity contribution is 0.0758. The predicted molar refractivity (Wildman–Crippen MR) is 69.1 cm³/mol. The summed E-state index contributed by atoms with van der Waals surface area (Å²) in [4.78, 5) is 4.68. The number of nitrogens with one attached hydrogen (secondary N) is 1. The van der Waals surface area contributed by atoms with Crippen LogP contribution >= 0.6 is 11.3 Å². The van der Waals surface area contributed by atoms with E-state index in [9.17, 15) is 0 Å². The van der Waals surface area contributed by atoms with Crippen molar-refractivity contribution in [3.8, 4) is 10.6 Å². The van der Waals surface area contributed by atoms with Gasteiger partial charge >= 0.3 is 0 Å². The van der Waals surface area contributed by atoms with Crippen LogP contribution < -0.4 is 5.32 Å². The molecule has 2 aromatic rings. The van der Waals surface area contributed by atoms with E-state index in [0.717, 1.165) is 30.5 Å². The topological polar surface area (TPSA) is 34.1 Å². The summed E-state index contributed by atoms with van der Waals surface area (Å²) < 4.78 is 5.45. The van der Waals surface area contributed by atoms with Gasteiger partial charge in [0.25, 0.3) is 0 Å². The third-order valence-electron chi connectivity index (χ3n) is 2.82. The molecule has 1 fully saturated rings. The molecule has 1 saturated heterocycles. The lowest BCUT2D eigenvalue weighted by atomic mass is 10.2. The van der Waals surface area contributed by atoms with Crippen molar-refractivity contribution in [2.45, 2.75) is 6.04 Å². The van der Waals surface area contributed by atoms with Crippen LogP contribution in [0.3, 0.4) is 0 Å². The molecule has 0 saturated carbocycles. The van der Waals surface area contributed by atoms with Crippen molar-refractivity contribution < 1.29 is 4.74 Å². The van der Waals surface area contributed by atoms with Gasteiger partial charge in [-0.1, -0.05) is 30.3 Å². The van der Waals surface area contributed by atoms with Crippen LogP contribution in [0.15, 0.2) is 35.7 Å². The van der Waals surface area contributed by atoms with Gasteiger partial charge in [0.2, 0.25) is 0 Å². The molecule has 4 heteroatoms. The minimum Gasteiger partial charge on any atom is -0.378 e. The standard InChI is InChI=1S/C13H14N2OS/c1-2-4-10(5-3-1)13-15-12(9-17-13)11-8-16-7-6-14-11/h1-5,9,11,14H,6-8H2/t11-/m1/s1. The second-order valence-corrected chi connectivity index (χ2v) is 4.88. The molecule has 1 aliphatic heterocycles. The monoisotopic (exact) mass is 246 g/mol. The van der Waals surface area contributed by atoms with Gasteiger partial charge in [-0.25, -0.2) is 4.98 Å². The van der Waals surface area contributed by atoms with Crippen LogP contribution in [0.25, 0.3) is 10.6 Å². The van der Waals surface area contributed by atoms with Crippen LogP contribution in [0.1, 0.15) is 11.7 Å². The van der Waals surface area contributed by atoms with Crippen molar-refractivity contribution in [3.05, 3.63) is 41.4 Å².